The van der Waals surface area contributed by atoms with Gasteiger partial charge in [0.25, 0.3) is 5.91 Å². The highest BCUT2D eigenvalue weighted by molar-refractivity contribution is 9.10. The van der Waals surface area contributed by atoms with Crippen LogP contribution in [-0.2, 0) is 4.79 Å². The van der Waals surface area contributed by atoms with Crippen LogP contribution < -0.4 is 15.6 Å². The van der Waals surface area contributed by atoms with Crippen LogP contribution in [0.1, 0.15) is 27.9 Å². The van der Waals surface area contributed by atoms with Crippen LogP contribution in [0.4, 0.5) is 0 Å². The molecule has 24 heavy (non-hydrogen) atoms. The van der Waals surface area contributed by atoms with Crippen molar-refractivity contribution in [3.63, 3.8) is 0 Å². The Kier molecular flexibility index (Phi) is 6.37. The average Bonchev–Trinajstić information content (AvgIpc) is 2.56. The van der Waals surface area contributed by atoms with E-state index in [1.54, 1.807) is 24.3 Å². The van der Waals surface area contributed by atoms with Crippen molar-refractivity contribution in [3.8, 4) is 5.75 Å². The minimum atomic E-state index is -0.369. The van der Waals surface area contributed by atoms with Crippen LogP contribution in [0.15, 0.2) is 46.9 Å². The quantitative estimate of drug-likeness (QED) is 0.769. The topological polar surface area (TPSA) is 67.4 Å². The molecule has 0 heterocycles. The van der Waals surface area contributed by atoms with Gasteiger partial charge in [-0.05, 0) is 55.3 Å². The lowest BCUT2D eigenvalue weighted by Gasteiger charge is -2.11. The summed E-state index contributed by atoms with van der Waals surface area (Å²) in [4.78, 5) is 23.6. The zero-order valence-corrected chi connectivity index (χ0v) is 15.1. The van der Waals surface area contributed by atoms with Crippen molar-refractivity contribution in [1.29, 1.82) is 0 Å². The zero-order valence-electron chi connectivity index (χ0n) is 13.6. The number of benzene rings is 2. The average molecular weight is 391 g/mol. The minimum absolute atomic E-state index is 0.147. The van der Waals surface area contributed by atoms with Crippen molar-refractivity contribution < 1.29 is 14.3 Å². The van der Waals surface area contributed by atoms with Gasteiger partial charge >= 0.3 is 0 Å². The third-order valence-corrected chi connectivity index (χ3v) is 3.88. The van der Waals surface area contributed by atoms with Gasteiger partial charge < -0.3 is 4.74 Å². The van der Waals surface area contributed by atoms with E-state index in [9.17, 15) is 9.59 Å². The van der Waals surface area contributed by atoms with Crippen molar-refractivity contribution in [2.45, 2.75) is 20.3 Å². The van der Waals surface area contributed by atoms with Gasteiger partial charge in [-0.25, -0.2) is 0 Å². The Hall–Kier alpha value is -2.34. The van der Waals surface area contributed by atoms with E-state index >= 15 is 0 Å². The summed E-state index contributed by atoms with van der Waals surface area (Å²) in [6.45, 7) is 4.17. The normalized spacial score (nSPS) is 10.1. The Bertz CT molecular complexity index is 730. The standard InChI is InChI=1S/C18H19BrN2O3/c1-12-3-4-13(2)16(11-12)24-10-9-17(22)20-21-18(23)14-5-7-15(19)8-6-14/h3-8,11H,9-10H2,1-2H3,(H,20,22)(H,21,23). The predicted octanol–water partition coefficient (Wildman–Crippen LogP) is 3.30. The van der Waals surface area contributed by atoms with Gasteiger partial charge in [-0.15, -0.1) is 0 Å². The molecule has 2 amide bonds. The van der Waals surface area contributed by atoms with Crippen LogP contribution in [0.3, 0.4) is 0 Å². The molecule has 0 aliphatic carbocycles. The number of rotatable bonds is 5. The van der Waals surface area contributed by atoms with E-state index in [0.717, 1.165) is 21.3 Å². The molecule has 0 aliphatic rings. The van der Waals surface area contributed by atoms with E-state index in [4.69, 9.17) is 4.74 Å². The molecule has 6 heteroatoms. The smallest absolute Gasteiger partial charge is 0.269 e. The van der Waals surface area contributed by atoms with Crippen LogP contribution >= 0.6 is 15.9 Å². The lowest BCUT2D eigenvalue weighted by atomic mass is 10.1. The molecule has 0 bridgehead atoms. The molecule has 5 nitrogen and oxygen atoms in total. The Morgan fingerprint density at radius 3 is 2.46 bits per heavy atom. The fourth-order valence-corrected chi connectivity index (χ4v) is 2.24. The minimum Gasteiger partial charge on any atom is -0.493 e. The molecule has 0 saturated carbocycles. The number of hydrogen-bond acceptors (Lipinski definition) is 3. The van der Waals surface area contributed by atoms with Gasteiger partial charge in [-0.1, -0.05) is 28.1 Å². The first-order valence-electron chi connectivity index (χ1n) is 7.50. The van der Waals surface area contributed by atoms with E-state index < -0.39 is 0 Å². The van der Waals surface area contributed by atoms with Crippen LogP contribution in [0.25, 0.3) is 0 Å². The first-order chi connectivity index (χ1) is 11.5. The van der Waals surface area contributed by atoms with Crippen LogP contribution in [-0.4, -0.2) is 18.4 Å². The van der Waals surface area contributed by atoms with Crippen LogP contribution in [0.2, 0.25) is 0 Å². The van der Waals surface area contributed by atoms with Gasteiger partial charge in [0, 0.05) is 10.0 Å². The molecule has 0 aromatic heterocycles. The molecular formula is C18H19BrN2O3. The molecule has 2 aromatic carbocycles. The molecular weight excluding hydrogens is 372 g/mol. The van der Waals surface area contributed by atoms with Crippen molar-refractivity contribution in [3.05, 3.63) is 63.6 Å². The number of aryl methyl sites for hydroxylation is 2. The number of amides is 2. The molecule has 0 radical (unpaired) electrons. The number of halogens is 1. The van der Waals surface area contributed by atoms with Gasteiger partial charge in [0.15, 0.2) is 0 Å². The SMILES string of the molecule is Cc1ccc(C)c(OCCC(=O)NNC(=O)c2ccc(Br)cc2)c1. The zero-order chi connectivity index (χ0) is 17.5. The van der Waals surface area contributed by atoms with Crippen molar-refractivity contribution in [2.75, 3.05) is 6.61 Å². The maximum atomic E-state index is 11.9. The van der Waals surface area contributed by atoms with Crippen molar-refractivity contribution in [2.24, 2.45) is 0 Å². The first kappa shape index (κ1) is 18.0. The summed E-state index contributed by atoms with van der Waals surface area (Å²) in [7, 11) is 0. The van der Waals surface area contributed by atoms with E-state index in [-0.39, 0.29) is 24.8 Å². The fraction of sp³-hybridized carbons (Fsp3) is 0.222. The van der Waals surface area contributed by atoms with Gasteiger partial charge in [-0.2, -0.15) is 0 Å². The summed E-state index contributed by atoms with van der Waals surface area (Å²) in [5.41, 5.74) is 7.34. The van der Waals surface area contributed by atoms with Crippen LogP contribution in [0.5, 0.6) is 5.75 Å². The number of ether oxygens (including phenoxy) is 1. The van der Waals surface area contributed by atoms with Crippen LogP contribution in [0, 0.1) is 13.8 Å². The highest BCUT2D eigenvalue weighted by Crippen LogP contribution is 2.19. The molecule has 0 unspecified atom stereocenters. The molecule has 0 fully saturated rings. The van der Waals surface area contributed by atoms with E-state index in [0.29, 0.717) is 5.56 Å². The Balaban J connectivity index is 1.74. The molecule has 0 spiro atoms. The maximum Gasteiger partial charge on any atom is 0.269 e. The van der Waals surface area contributed by atoms with Gasteiger partial charge in [-0.3, -0.25) is 20.4 Å². The van der Waals surface area contributed by atoms with Gasteiger partial charge in [0.2, 0.25) is 5.91 Å². The monoisotopic (exact) mass is 390 g/mol. The molecule has 2 N–H and O–H groups in total. The third-order valence-electron chi connectivity index (χ3n) is 3.35. The number of nitrogens with one attached hydrogen (secondary N) is 2. The second-order valence-corrected chi connectivity index (χ2v) is 6.29. The lowest BCUT2D eigenvalue weighted by molar-refractivity contribution is -0.122. The maximum absolute atomic E-state index is 11.9. The first-order valence-corrected chi connectivity index (χ1v) is 8.30. The second-order valence-electron chi connectivity index (χ2n) is 5.38. The molecule has 2 rings (SSSR count). The molecule has 0 atom stereocenters. The van der Waals surface area contributed by atoms with Gasteiger partial charge in [0.1, 0.15) is 5.75 Å². The number of hydrazine groups is 1. The Morgan fingerprint density at radius 1 is 1.04 bits per heavy atom. The lowest BCUT2D eigenvalue weighted by Crippen LogP contribution is -2.42. The molecule has 126 valence electrons. The largest absolute Gasteiger partial charge is 0.493 e. The highest BCUT2D eigenvalue weighted by Gasteiger charge is 2.08. The summed E-state index contributed by atoms with van der Waals surface area (Å²) in [6.07, 6.45) is 0.147. The third kappa shape index (κ3) is 5.38. The summed E-state index contributed by atoms with van der Waals surface area (Å²) < 4.78 is 6.50. The van der Waals surface area contributed by atoms with Crippen molar-refractivity contribution >= 4 is 27.7 Å². The second kappa shape index (κ2) is 8.49. The Labute approximate surface area is 149 Å². The fourth-order valence-electron chi connectivity index (χ4n) is 1.98. The van der Waals surface area contributed by atoms with E-state index in [1.807, 2.05) is 32.0 Å². The highest BCUT2D eigenvalue weighted by atomic mass is 79.9. The molecule has 2 aromatic rings. The summed E-state index contributed by atoms with van der Waals surface area (Å²) in [5, 5.41) is 0. The number of carbonyl (C=O) groups excluding carboxylic acids is 2. The number of carbonyl (C=O) groups is 2. The van der Waals surface area contributed by atoms with E-state index in [1.165, 1.54) is 0 Å². The number of hydrogen-bond donors (Lipinski definition) is 2. The predicted molar refractivity (Wildman–Crippen MR) is 95.8 cm³/mol. The van der Waals surface area contributed by atoms with E-state index in [2.05, 4.69) is 26.8 Å². The summed E-state index contributed by atoms with van der Waals surface area (Å²) in [5.74, 6) is 0.0822. The van der Waals surface area contributed by atoms with Gasteiger partial charge in [0.05, 0.1) is 13.0 Å². The molecule has 0 saturated heterocycles. The molecule has 0 aliphatic heterocycles. The Morgan fingerprint density at radius 2 is 1.75 bits per heavy atom. The summed E-state index contributed by atoms with van der Waals surface area (Å²) in [6, 6.07) is 12.8. The summed E-state index contributed by atoms with van der Waals surface area (Å²) >= 11 is 3.30. The van der Waals surface area contributed by atoms with Crippen molar-refractivity contribution in [1.82, 2.24) is 10.9 Å².